The van der Waals surface area contributed by atoms with Crippen LogP contribution in [0.4, 0.5) is 0 Å². The third-order valence-electron chi connectivity index (χ3n) is 2.57. The molecule has 0 radical (unpaired) electrons. The molecular weight excluding hydrogens is 216 g/mol. The first-order valence-corrected chi connectivity index (χ1v) is 5.26. The van der Waals surface area contributed by atoms with Crippen LogP contribution < -0.4 is 9.47 Å². The lowest BCUT2D eigenvalue weighted by molar-refractivity contribution is 0.387. The Morgan fingerprint density at radius 1 is 0.941 bits per heavy atom. The molecule has 0 unspecified atom stereocenters. The van der Waals surface area contributed by atoms with E-state index in [9.17, 15) is 5.11 Å². The highest BCUT2D eigenvalue weighted by Crippen LogP contribution is 2.40. The standard InChI is InChI=1S/C14H14O3/c1-16-11-8-12(15)14(13(9-11)17-2)10-6-4-3-5-7-10/h3-9,15H,1-2H3. The van der Waals surface area contributed by atoms with Crippen molar-refractivity contribution in [3.8, 4) is 28.4 Å². The minimum Gasteiger partial charge on any atom is -0.507 e. The average Bonchev–Trinajstić information content (AvgIpc) is 2.38. The molecule has 0 aliphatic heterocycles. The molecule has 2 aromatic carbocycles. The monoisotopic (exact) mass is 230 g/mol. The van der Waals surface area contributed by atoms with Crippen molar-refractivity contribution in [1.29, 1.82) is 0 Å². The van der Waals surface area contributed by atoms with Gasteiger partial charge in [-0.3, -0.25) is 0 Å². The average molecular weight is 230 g/mol. The van der Waals surface area contributed by atoms with Crippen LogP contribution in [0.5, 0.6) is 17.2 Å². The Hall–Kier alpha value is -2.16. The van der Waals surface area contributed by atoms with Crippen molar-refractivity contribution in [3.05, 3.63) is 42.5 Å². The molecule has 1 N–H and O–H groups in total. The molecule has 0 aliphatic rings. The van der Waals surface area contributed by atoms with Gasteiger partial charge in [0.15, 0.2) is 0 Å². The van der Waals surface area contributed by atoms with E-state index in [2.05, 4.69) is 0 Å². The minimum atomic E-state index is 0.146. The fourth-order valence-electron chi connectivity index (χ4n) is 1.75. The Kier molecular flexibility index (Phi) is 3.19. The molecule has 0 atom stereocenters. The van der Waals surface area contributed by atoms with Gasteiger partial charge in [0.2, 0.25) is 0 Å². The van der Waals surface area contributed by atoms with E-state index in [-0.39, 0.29) is 5.75 Å². The van der Waals surface area contributed by atoms with Gasteiger partial charge in [-0.05, 0) is 5.56 Å². The smallest absolute Gasteiger partial charge is 0.134 e. The van der Waals surface area contributed by atoms with Gasteiger partial charge in [-0.25, -0.2) is 0 Å². The molecule has 3 heteroatoms. The van der Waals surface area contributed by atoms with E-state index in [0.717, 1.165) is 5.56 Å². The summed E-state index contributed by atoms with van der Waals surface area (Å²) in [5, 5.41) is 10.0. The third kappa shape index (κ3) is 2.18. The Morgan fingerprint density at radius 2 is 1.65 bits per heavy atom. The van der Waals surface area contributed by atoms with Crippen molar-refractivity contribution >= 4 is 0 Å². The van der Waals surface area contributed by atoms with Crippen LogP contribution in [-0.4, -0.2) is 19.3 Å². The molecule has 0 saturated heterocycles. The highest BCUT2D eigenvalue weighted by atomic mass is 16.5. The first-order chi connectivity index (χ1) is 8.26. The number of hydrogen-bond donors (Lipinski definition) is 1. The van der Waals surface area contributed by atoms with Crippen LogP contribution in [0, 0.1) is 0 Å². The molecule has 17 heavy (non-hydrogen) atoms. The molecule has 0 saturated carbocycles. The summed E-state index contributed by atoms with van der Waals surface area (Å²) in [6.07, 6.45) is 0. The summed E-state index contributed by atoms with van der Waals surface area (Å²) in [7, 11) is 3.12. The largest absolute Gasteiger partial charge is 0.507 e. The molecule has 2 rings (SSSR count). The van der Waals surface area contributed by atoms with Crippen molar-refractivity contribution in [1.82, 2.24) is 0 Å². The summed E-state index contributed by atoms with van der Waals surface area (Å²) in [6, 6.07) is 12.9. The molecule has 2 aromatic rings. The number of benzene rings is 2. The van der Waals surface area contributed by atoms with Gasteiger partial charge in [0.1, 0.15) is 17.2 Å². The minimum absolute atomic E-state index is 0.146. The number of hydrogen-bond acceptors (Lipinski definition) is 3. The maximum Gasteiger partial charge on any atom is 0.134 e. The summed E-state index contributed by atoms with van der Waals surface area (Å²) in [5.74, 6) is 1.31. The Bertz CT molecular complexity index is 506. The number of methoxy groups -OCH3 is 2. The first-order valence-electron chi connectivity index (χ1n) is 5.26. The lowest BCUT2D eigenvalue weighted by Crippen LogP contribution is -1.91. The summed E-state index contributed by atoms with van der Waals surface area (Å²) in [6.45, 7) is 0. The SMILES string of the molecule is COc1cc(O)c(-c2ccccc2)c(OC)c1. The quantitative estimate of drug-likeness (QED) is 0.880. The van der Waals surface area contributed by atoms with Crippen molar-refractivity contribution in [3.63, 3.8) is 0 Å². The zero-order chi connectivity index (χ0) is 12.3. The second-order valence-corrected chi connectivity index (χ2v) is 3.59. The molecule has 0 amide bonds. The van der Waals surface area contributed by atoms with Crippen molar-refractivity contribution in [2.24, 2.45) is 0 Å². The number of phenols is 1. The lowest BCUT2D eigenvalue weighted by atomic mass is 10.0. The van der Waals surface area contributed by atoms with Crippen molar-refractivity contribution < 1.29 is 14.6 Å². The van der Waals surface area contributed by atoms with Gasteiger partial charge in [0.25, 0.3) is 0 Å². The van der Waals surface area contributed by atoms with E-state index in [1.165, 1.54) is 0 Å². The molecule has 0 aliphatic carbocycles. The molecular formula is C14H14O3. The Morgan fingerprint density at radius 3 is 2.24 bits per heavy atom. The van der Waals surface area contributed by atoms with Gasteiger partial charge in [0.05, 0.1) is 19.8 Å². The zero-order valence-electron chi connectivity index (χ0n) is 9.81. The van der Waals surface area contributed by atoms with Gasteiger partial charge in [-0.15, -0.1) is 0 Å². The summed E-state index contributed by atoms with van der Waals surface area (Å²) in [5.41, 5.74) is 1.58. The van der Waals surface area contributed by atoms with Crippen molar-refractivity contribution in [2.45, 2.75) is 0 Å². The predicted molar refractivity (Wildman–Crippen MR) is 66.6 cm³/mol. The van der Waals surface area contributed by atoms with Crippen LogP contribution >= 0.6 is 0 Å². The fourth-order valence-corrected chi connectivity index (χ4v) is 1.75. The maximum atomic E-state index is 10.0. The molecule has 0 bridgehead atoms. The molecule has 0 fully saturated rings. The second-order valence-electron chi connectivity index (χ2n) is 3.59. The van der Waals surface area contributed by atoms with E-state index in [4.69, 9.17) is 9.47 Å². The van der Waals surface area contributed by atoms with Crippen LogP contribution in [0.3, 0.4) is 0 Å². The normalized spacial score (nSPS) is 10.0. The first kappa shape index (κ1) is 11.3. The summed E-state index contributed by atoms with van der Waals surface area (Å²) < 4.78 is 10.4. The van der Waals surface area contributed by atoms with Crippen LogP contribution in [0.15, 0.2) is 42.5 Å². The van der Waals surface area contributed by atoms with Crippen molar-refractivity contribution in [2.75, 3.05) is 14.2 Å². The van der Waals surface area contributed by atoms with Gasteiger partial charge in [-0.2, -0.15) is 0 Å². The lowest BCUT2D eigenvalue weighted by Gasteiger charge is -2.12. The fraction of sp³-hybridized carbons (Fsp3) is 0.143. The second kappa shape index (κ2) is 4.78. The van der Waals surface area contributed by atoms with Gasteiger partial charge in [0, 0.05) is 12.1 Å². The van der Waals surface area contributed by atoms with Crippen LogP contribution in [0.25, 0.3) is 11.1 Å². The number of phenolic OH excluding ortho intramolecular Hbond substituents is 1. The van der Waals surface area contributed by atoms with Crippen LogP contribution in [-0.2, 0) is 0 Å². The number of rotatable bonds is 3. The topological polar surface area (TPSA) is 38.7 Å². The molecule has 88 valence electrons. The highest BCUT2D eigenvalue weighted by Gasteiger charge is 2.13. The number of ether oxygens (including phenoxy) is 2. The molecule has 3 nitrogen and oxygen atoms in total. The third-order valence-corrected chi connectivity index (χ3v) is 2.57. The van der Waals surface area contributed by atoms with E-state index >= 15 is 0 Å². The van der Waals surface area contributed by atoms with E-state index in [0.29, 0.717) is 17.1 Å². The number of aromatic hydroxyl groups is 1. The predicted octanol–water partition coefficient (Wildman–Crippen LogP) is 3.08. The summed E-state index contributed by atoms with van der Waals surface area (Å²) >= 11 is 0. The summed E-state index contributed by atoms with van der Waals surface area (Å²) in [4.78, 5) is 0. The molecule has 0 heterocycles. The molecule has 0 spiro atoms. The Balaban J connectivity index is 2.61. The van der Waals surface area contributed by atoms with E-state index in [1.807, 2.05) is 30.3 Å². The highest BCUT2D eigenvalue weighted by molar-refractivity contribution is 5.77. The Labute approximate surface area is 100 Å². The van der Waals surface area contributed by atoms with Crippen LogP contribution in [0.2, 0.25) is 0 Å². The van der Waals surface area contributed by atoms with Gasteiger partial charge < -0.3 is 14.6 Å². The maximum absolute atomic E-state index is 10.0. The van der Waals surface area contributed by atoms with Crippen LogP contribution in [0.1, 0.15) is 0 Å². The van der Waals surface area contributed by atoms with Gasteiger partial charge in [-0.1, -0.05) is 30.3 Å². The zero-order valence-corrected chi connectivity index (χ0v) is 9.81. The van der Waals surface area contributed by atoms with E-state index < -0.39 is 0 Å². The van der Waals surface area contributed by atoms with E-state index in [1.54, 1.807) is 26.4 Å². The van der Waals surface area contributed by atoms with Gasteiger partial charge >= 0.3 is 0 Å². The molecule has 0 aromatic heterocycles.